The van der Waals surface area contributed by atoms with Crippen molar-refractivity contribution in [3.63, 3.8) is 0 Å². The van der Waals surface area contributed by atoms with Crippen LogP contribution >= 0.6 is 0 Å². The van der Waals surface area contributed by atoms with Gasteiger partial charge in [-0.05, 0) is 20.8 Å². The molecular formula is C13H17NO3. The Morgan fingerprint density at radius 1 is 1.24 bits per heavy atom. The van der Waals surface area contributed by atoms with Crippen molar-refractivity contribution in [1.29, 1.82) is 0 Å². The quantitative estimate of drug-likeness (QED) is 0.815. The van der Waals surface area contributed by atoms with Crippen molar-refractivity contribution >= 4 is 11.9 Å². The van der Waals surface area contributed by atoms with Gasteiger partial charge < -0.3 is 10.1 Å². The van der Waals surface area contributed by atoms with E-state index in [0.29, 0.717) is 5.56 Å². The molecule has 17 heavy (non-hydrogen) atoms. The topological polar surface area (TPSA) is 55.4 Å². The second-order valence-corrected chi connectivity index (χ2v) is 4.16. The number of hydrogen-bond donors (Lipinski definition) is 1. The Labute approximate surface area is 101 Å². The van der Waals surface area contributed by atoms with E-state index in [2.05, 4.69) is 5.32 Å². The number of carbonyl (C=O) groups excluding carboxylic acids is 2. The van der Waals surface area contributed by atoms with E-state index >= 15 is 0 Å². The summed E-state index contributed by atoms with van der Waals surface area (Å²) in [6.45, 7) is 5.36. The van der Waals surface area contributed by atoms with Gasteiger partial charge in [-0.1, -0.05) is 29.8 Å². The third-order valence-electron chi connectivity index (χ3n) is 2.11. The van der Waals surface area contributed by atoms with E-state index in [1.807, 2.05) is 32.9 Å². The van der Waals surface area contributed by atoms with Crippen molar-refractivity contribution in [2.24, 2.45) is 0 Å². The summed E-state index contributed by atoms with van der Waals surface area (Å²) in [6, 6.07) is 7.14. The fourth-order valence-electron chi connectivity index (χ4n) is 1.23. The lowest BCUT2D eigenvalue weighted by molar-refractivity contribution is 0.0840. The summed E-state index contributed by atoms with van der Waals surface area (Å²) in [4.78, 5) is 22.8. The van der Waals surface area contributed by atoms with Gasteiger partial charge in [-0.15, -0.1) is 0 Å². The molecule has 1 amide bonds. The number of benzene rings is 1. The molecule has 1 N–H and O–H groups in total. The van der Waals surface area contributed by atoms with Crippen molar-refractivity contribution < 1.29 is 14.3 Å². The highest BCUT2D eigenvalue weighted by molar-refractivity contribution is 5.97. The van der Waals surface area contributed by atoms with Crippen LogP contribution in [0.2, 0.25) is 0 Å². The third-order valence-corrected chi connectivity index (χ3v) is 2.11. The van der Waals surface area contributed by atoms with Gasteiger partial charge in [0.15, 0.2) is 12.4 Å². The van der Waals surface area contributed by atoms with Crippen LogP contribution in [0.1, 0.15) is 29.8 Å². The van der Waals surface area contributed by atoms with Crippen LogP contribution in [-0.2, 0) is 4.74 Å². The third kappa shape index (κ3) is 4.68. The maximum Gasteiger partial charge on any atom is 0.407 e. The first-order chi connectivity index (χ1) is 7.99. The van der Waals surface area contributed by atoms with Crippen molar-refractivity contribution in [3.05, 3.63) is 35.4 Å². The van der Waals surface area contributed by atoms with E-state index in [0.717, 1.165) is 5.56 Å². The molecule has 0 saturated heterocycles. The normalized spacial score (nSPS) is 10.1. The standard InChI is InChI=1S/C13H17NO3/c1-9(2)14-13(16)17-8-12(15)11-6-4-10(3)5-7-11/h4-7,9H,8H2,1-3H3,(H,14,16). The second kappa shape index (κ2) is 6.03. The van der Waals surface area contributed by atoms with Crippen LogP contribution in [0.3, 0.4) is 0 Å². The summed E-state index contributed by atoms with van der Waals surface area (Å²) >= 11 is 0. The van der Waals surface area contributed by atoms with Gasteiger partial charge in [0.1, 0.15) is 0 Å². The lowest BCUT2D eigenvalue weighted by Gasteiger charge is -2.08. The van der Waals surface area contributed by atoms with E-state index in [9.17, 15) is 9.59 Å². The fraction of sp³-hybridized carbons (Fsp3) is 0.385. The molecule has 0 aliphatic carbocycles. The van der Waals surface area contributed by atoms with Crippen LogP contribution in [-0.4, -0.2) is 24.5 Å². The minimum absolute atomic E-state index is 0.00280. The minimum atomic E-state index is -0.569. The zero-order valence-corrected chi connectivity index (χ0v) is 10.3. The molecular weight excluding hydrogens is 218 g/mol. The van der Waals surface area contributed by atoms with Crippen LogP contribution < -0.4 is 5.32 Å². The molecule has 0 aromatic heterocycles. The van der Waals surface area contributed by atoms with Crippen molar-refractivity contribution in [3.8, 4) is 0 Å². The average Bonchev–Trinajstić information content (AvgIpc) is 2.26. The molecule has 0 radical (unpaired) electrons. The summed E-state index contributed by atoms with van der Waals surface area (Å²) in [5.74, 6) is -0.205. The molecule has 0 aliphatic rings. The Balaban J connectivity index is 2.45. The summed E-state index contributed by atoms with van der Waals surface area (Å²) in [5, 5.41) is 2.55. The molecule has 0 atom stereocenters. The summed E-state index contributed by atoms with van der Waals surface area (Å²) in [5.41, 5.74) is 1.63. The number of Topliss-reactive ketones (excluding diaryl/α,β-unsaturated/α-hetero) is 1. The molecule has 1 aromatic rings. The number of nitrogens with one attached hydrogen (secondary N) is 1. The van der Waals surface area contributed by atoms with Gasteiger partial charge in [0.25, 0.3) is 0 Å². The number of ether oxygens (including phenoxy) is 1. The first kappa shape index (κ1) is 13.2. The summed E-state index contributed by atoms with van der Waals surface area (Å²) < 4.78 is 4.80. The zero-order chi connectivity index (χ0) is 12.8. The largest absolute Gasteiger partial charge is 0.441 e. The molecule has 0 aliphatic heterocycles. The average molecular weight is 235 g/mol. The van der Waals surface area contributed by atoms with Crippen LogP contribution in [0, 0.1) is 6.92 Å². The zero-order valence-electron chi connectivity index (χ0n) is 10.3. The van der Waals surface area contributed by atoms with Gasteiger partial charge in [-0.3, -0.25) is 4.79 Å². The number of rotatable bonds is 4. The van der Waals surface area contributed by atoms with E-state index in [1.165, 1.54) is 0 Å². The van der Waals surface area contributed by atoms with E-state index < -0.39 is 6.09 Å². The highest BCUT2D eigenvalue weighted by Crippen LogP contribution is 2.04. The Morgan fingerprint density at radius 3 is 2.35 bits per heavy atom. The van der Waals surface area contributed by atoms with Gasteiger partial charge >= 0.3 is 6.09 Å². The number of amides is 1. The number of ketones is 1. The Hall–Kier alpha value is -1.84. The molecule has 0 unspecified atom stereocenters. The maximum atomic E-state index is 11.6. The smallest absolute Gasteiger partial charge is 0.407 e. The second-order valence-electron chi connectivity index (χ2n) is 4.16. The molecule has 4 heteroatoms. The first-order valence-corrected chi connectivity index (χ1v) is 5.52. The molecule has 1 rings (SSSR count). The lowest BCUT2D eigenvalue weighted by atomic mass is 10.1. The van der Waals surface area contributed by atoms with Crippen LogP contribution in [0.25, 0.3) is 0 Å². The summed E-state index contributed by atoms with van der Waals surface area (Å²) in [6.07, 6.45) is -0.569. The fourth-order valence-corrected chi connectivity index (χ4v) is 1.23. The van der Waals surface area contributed by atoms with E-state index in [1.54, 1.807) is 12.1 Å². The van der Waals surface area contributed by atoms with Crippen molar-refractivity contribution in [2.75, 3.05) is 6.61 Å². The van der Waals surface area contributed by atoms with Crippen LogP contribution in [0.4, 0.5) is 4.79 Å². The SMILES string of the molecule is Cc1ccc(C(=O)COC(=O)NC(C)C)cc1. The molecule has 0 saturated carbocycles. The van der Waals surface area contributed by atoms with Gasteiger partial charge in [0.05, 0.1) is 0 Å². The predicted molar refractivity (Wildman–Crippen MR) is 65.1 cm³/mol. The van der Waals surface area contributed by atoms with Gasteiger partial charge in [-0.2, -0.15) is 0 Å². The Bertz CT molecular complexity index is 396. The van der Waals surface area contributed by atoms with Gasteiger partial charge in [0, 0.05) is 11.6 Å². The highest BCUT2D eigenvalue weighted by Gasteiger charge is 2.09. The monoisotopic (exact) mass is 235 g/mol. The minimum Gasteiger partial charge on any atom is -0.441 e. The van der Waals surface area contributed by atoms with Gasteiger partial charge in [0.2, 0.25) is 0 Å². The van der Waals surface area contributed by atoms with Crippen molar-refractivity contribution in [1.82, 2.24) is 5.32 Å². The molecule has 1 aromatic carbocycles. The lowest BCUT2D eigenvalue weighted by Crippen LogP contribution is -2.32. The molecule has 0 spiro atoms. The Morgan fingerprint density at radius 2 is 1.82 bits per heavy atom. The molecule has 4 nitrogen and oxygen atoms in total. The number of hydrogen-bond acceptors (Lipinski definition) is 3. The molecule has 0 heterocycles. The van der Waals surface area contributed by atoms with E-state index in [4.69, 9.17) is 4.74 Å². The highest BCUT2D eigenvalue weighted by atomic mass is 16.6. The van der Waals surface area contributed by atoms with Crippen LogP contribution in [0.15, 0.2) is 24.3 Å². The molecule has 92 valence electrons. The van der Waals surface area contributed by atoms with Crippen LogP contribution in [0.5, 0.6) is 0 Å². The molecule has 0 fully saturated rings. The predicted octanol–water partition coefficient (Wildman–Crippen LogP) is 2.31. The molecule has 0 bridgehead atoms. The van der Waals surface area contributed by atoms with Crippen molar-refractivity contribution in [2.45, 2.75) is 26.8 Å². The first-order valence-electron chi connectivity index (χ1n) is 5.52. The number of aryl methyl sites for hydroxylation is 1. The van der Waals surface area contributed by atoms with E-state index in [-0.39, 0.29) is 18.4 Å². The number of alkyl carbamates (subject to hydrolysis) is 1. The maximum absolute atomic E-state index is 11.6. The number of carbonyl (C=O) groups is 2. The Kier molecular flexibility index (Phi) is 4.69. The van der Waals surface area contributed by atoms with Gasteiger partial charge in [-0.25, -0.2) is 4.79 Å². The summed E-state index contributed by atoms with van der Waals surface area (Å²) in [7, 11) is 0.